The minimum Gasteiger partial charge on any atom is -0.325 e. The van der Waals surface area contributed by atoms with Gasteiger partial charge in [0.15, 0.2) is 0 Å². The second kappa shape index (κ2) is 11.4. The molecule has 4 rings (SSSR count). The maximum absolute atomic E-state index is 13.3. The lowest BCUT2D eigenvalue weighted by atomic mass is 9.81. The van der Waals surface area contributed by atoms with Crippen molar-refractivity contribution in [1.29, 1.82) is 0 Å². The van der Waals surface area contributed by atoms with E-state index < -0.39 is 5.41 Å². The lowest BCUT2D eigenvalue weighted by molar-refractivity contribution is -0.125. The zero-order chi connectivity index (χ0) is 25.6. The first-order valence-electron chi connectivity index (χ1n) is 11.9. The van der Waals surface area contributed by atoms with Crippen molar-refractivity contribution in [3.05, 3.63) is 58.4 Å². The van der Waals surface area contributed by atoms with Crippen molar-refractivity contribution in [2.45, 2.75) is 82.1 Å². The smallest absolute Gasteiger partial charge is 0.230 e. The van der Waals surface area contributed by atoms with Crippen LogP contribution in [0.1, 0.15) is 77.6 Å². The Balaban J connectivity index is 0.000000288. The van der Waals surface area contributed by atoms with Gasteiger partial charge in [-0.15, -0.1) is 0 Å². The molecule has 2 aliphatic rings. The van der Waals surface area contributed by atoms with E-state index in [1.807, 2.05) is 73.6 Å². The second-order valence-corrected chi connectivity index (χ2v) is 9.45. The number of hydrogen-bond acceptors (Lipinski definition) is 2. The summed E-state index contributed by atoms with van der Waals surface area (Å²) in [5.41, 5.74) is 5.03. The molecule has 0 radical (unpaired) electrons. The van der Waals surface area contributed by atoms with Crippen molar-refractivity contribution in [3.8, 4) is 0 Å². The van der Waals surface area contributed by atoms with Crippen LogP contribution in [-0.2, 0) is 22.4 Å². The summed E-state index contributed by atoms with van der Waals surface area (Å²) in [6, 6.07) is 9.37. The number of rotatable bonds is 0. The molecule has 182 valence electrons. The molecule has 4 nitrogen and oxygen atoms in total. The van der Waals surface area contributed by atoms with Gasteiger partial charge in [0, 0.05) is 22.2 Å². The molecule has 0 fully saturated rings. The van der Waals surface area contributed by atoms with Gasteiger partial charge < -0.3 is 10.6 Å². The topological polar surface area (TPSA) is 58.2 Å². The predicted octanol–water partition coefficient (Wildman–Crippen LogP) is 7.22. The molecular formula is C28H41FN2O2. The van der Waals surface area contributed by atoms with E-state index in [1.54, 1.807) is 6.92 Å². The van der Waals surface area contributed by atoms with Crippen molar-refractivity contribution in [3.63, 3.8) is 0 Å². The largest absolute Gasteiger partial charge is 0.325 e. The second-order valence-electron chi connectivity index (χ2n) is 9.45. The molecule has 2 N–H and O–H groups in total. The van der Waals surface area contributed by atoms with Gasteiger partial charge in [0.25, 0.3) is 0 Å². The molecule has 5 heteroatoms. The summed E-state index contributed by atoms with van der Waals surface area (Å²) in [5, 5.41) is 5.68. The van der Waals surface area contributed by atoms with E-state index in [4.69, 9.17) is 0 Å². The van der Waals surface area contributed by atoms with E-state index >= 15 is 0 Å². The first-order chi connectivity index (χ1) is 15.4. The van der Waals surface area contributed by atoms with E-state index in [9.17, 15) is 14.0 Å². The summed E-state index contributed by atoms with van der Waals surface area (Å²) >= 11 is 0. The SMILES string of the molecule is CC.CC.Cc1cc2c(cc1F)NC(=O)C(C)(C)C2.Cc1ccc2c(c1)CC(C)(C)C(=O)N2. The zero-order valence-electron chi connectivity index (χ0n) is 22.0. The Morgan fingerprint density at radius 2 is 1.18 bits per heavy atom. The third kappa shape index (κ3) is 6.89. The van der Waals surface area contributed by atoms with Gasteiger partial charge in [-0.1, -0.05) is 79.2 Å². The molecule has 0 unspecified atom stereocenters. The van der Waals surface area contributed by atoms with Gasteiger partial charge in [-0.25, -0.2) is 4.39 Å². The number of amides is 2. The number of halogens is 1. The van der Waals surface area contributed by atoms with Crippen molar-refractivity contribution in [1.82, 2.24) is 0 Å². The number of nitrogens with one attached hydrogen (secondary N) is 2. The highest BCUT2D eigenvalue weighted by atomic mass is 19.1. The minimum atomic E-state index is -0.405. The third-order valence-electron chi connectivity index (χ3n) is 5.64. The monoisotopic (exact) mass is 456 g/mol. The molecule has 2 aliphatic heterocycles. The molecule has 0 aromatic heterocycles. The van der Waals surface area contributed by atoms with E-state index in [-0.39, 0.29) is 23.0 Å². The van der Waals surface area contributed by atoms with Gasteiger partial charge in [0.1, 0.15) is 5.82 Å². The van der Waals surface area contributed by atoms with E-state index in [0.29, 0.717) is 17.7 Å². The molecule has 2 aromatic rings. The van der Waals surface area contributed by atoms with Crippen LogP contribution in [0.15, 0.2) is 30.3 Å². The Hall–Kier alpha value is -2.69. The lowest BCUT2D eigenvalue weighted by Gasteiger charge is -2.30. The molecule has 0 saturated carbocycles. The first kappa shape index (κ1) is 28.3. The molecule has 0 saturated heterocycles. The van der Waals surface area contributed by atoms with Gasteiger partial charge in [0.05, 0.1) is 0 Å². The van der Waals surface area contributed by atoms with E-state index in [1.165, 1.54) is 17.2 Å². The van der Waals surface area contributed by atoms with Crippen LogP contribution in [0.4, 0.5) is 15.8 Å². The molecule has 2 aromatic carbocycles. The highest BCUT2D eigenvalue weighted by Crippen LogP contribution is 2.35. The molecule has 2 amide bonds. The van der Waals surface area contributed by atoms with E-state index in [0.717, 1.165) is 17.7 Å². The molecule has 0 atom stereocenters. The Kier molecular flexibility index (Phi) is 9.83. The molecule has 33 heavy (non-hydrogen) atoms. The average Bonchev–Trinajstić information content (AvgIpc) is 2.75. The molecular weight excluding hydrogens is 415 g/mol. The van der Waals surface area contributed by atoms with Gasteiger partial charge in [-0.05, 0) is 55.5 Å². The summed E-state index contributed by atoms with van der Waals surface area (Å²) in [4.78, 5) is 23.3. The Morgan fingerprint density at radius 3 is 1.70 bits per heavy atom. The summed E-state index contributed by atoms with van der Waals surface area (Å²) < 4.78 is 13.3. The third-order valence-corrected chi connectivity index (χ3v) is 5.64. The van der Waals surface area contributed by atoms with Crippen molar-refractivity contribution >= 4 is 23.2 Å². The zero-order valence-corrected chi connectivity index (χ0v) is 22.0. The summed E-state index contributed by atoms with van der Waals surface area (Å²) in [6.45, 7) is 19.6. The average molecular weight is 457 g/mol. The Morgan fingerprint density at radius 1 is 0.727 bits per heavy atom. The van der Waals surface area contributed by atoms with Crippen LogP contribution in [0, 0.1) is 30.5 Å². The maximum atomic E-state index is 13.3. The Bertz CT molecular complexity index is 994. The summed E-state index contributed by atoms with van der Waals surface area (Å²) in [6.07, 6.45) is 1.49. The van der Waals surface area contributed by atoms with Gasteiger partial charge in [0.2, 0.25) is 11.8 Å². The fourth-order valence-corrected chi connectivity index (χ4v) is 3.69. The number of benzene rings is 2. The first-order valence-corrected chi connectivity index (χ1v) is 11.9. The van der Waals surface area contributed by atoms with Gasteiger partial charge in [-0.2, -0.15) is 0 Å². The highest BCUT2D eigenvalue weighted by Gasteiger charge is 2.34. The number of carbonyl (C=O) groups excluding carboxylic acids is 2. The van der Waals surface area contributed by atoms with Crippen LogP contribution >= 0.6 is 0 Å². The number of anilines is 2. The van der Waals surface area contributed by atoms with Crippen molar-refractivity contribution < 1.29 is 14.0 Å². The van der Waals surface area contributed by atoms with Crippen molar-refractivity contribution in [2.75, 3.05) is 10.6 Å². The van der Waals surface area contributed by atoms with Crippen LogP contribution in [0.2, 0.25) is 0 Å². The number of hydrogen-bond donors (Lipinski definition) is 2. The van der Waals surface area contributed by atoms with Crippen molar-refractivity contribution in [2.24, 2.45) is 10.8 Å². The fraction of sp³-hybridized carbons (Fsp3) is 0.500. The van der Waals surface area contributed by atoms with E-state index in [2.05, 4.69) is 23.6 Å². The fourth-order valence-electron chi connectivity index (χ4n) is 3.69. The van der Waals surface area contributed by atoms with Crippen LogP contribution < -0.4 is 10.6 Å². The lowest BCUT2D eigenvalue weighted by Crippen LogP contribution is -2.37. The predicted molar refractivity (Wildman–Crippen MR) is 137 cm³/mol. The summed E-state index contributed by atoms with van der Waals surface area (Å²) in [5.74, 6) is -0.194. The Labute approximate surface area is 199 Å². The molecule has 0 aliphatic carbocycles. The normalized spacial score (nSPS) is 16.6. The minimum absolute atomic E-state index is 0.0433. The number of aryl methyl sites for hydroxylation is 2. The maximum Gasteiger partial charge on any atom is 0.230 e. The summed E-state index contributed by atoms with van der Waals surface area (Å²) in [7, 11) is 0. The standard InChI is InChI=1S/C12H14FNO.C12H15NO.2C2H6/c1-7-4-8-6-12(2,3)11(15)14-10(8)5-9(7)13;1-8-4-5-10-9(6-8)7-12(2,3)11(14)13-10;2*1-2/h4-5H,6H2,1-3H3,(H,14,15);4-6H,7H2,1-3H3,(H,13,14);2*1-2H3. The van der Waals surface area contributed by atoms with Crippen LogP contribution in [0.5, 0.6) is 0 Å². The number of carbonyl (C=O) groups is 2. The number of fused-ring (bicyclic) bond motifs is 2. The van der Waals surface area contributed by atoms with Crippen LogP contribution in [-0.4, -0.2) is 11.8 Å². The molecule has 2 heterocycles. The highest BCUT2D eigenvalue weighted by molar-refractivity contribution is 5.98. The van der Waals surface area contributed by atoms with Crippen LogP contribution in [0.3, 0.4) is 0 Å². The quantitative estimate of drug-likeness (QED) is 0.439. The van der Waals surface area contributed by atoms with Gasteiger partial charge in [-0.3, -0.25) is 9.59 Å². The van der Waals surface area contributed by atoms with Crippen LogP contribution in [0.25, 0.3) is 0 Å². The van der Waals surface area contributed by atoms with Gasteiger partial charge >= 0.3 is 0 Å². The molecule has 0 spiro atoms. The molecule has 0 bridgehead atoms.